The van der Waals surface area contributed by atoms with E-state index < -0.39 is 0 Å². The third kappa shape index (κ3) is 2.95. The van der Waals surface area contributed by atoms with Gasteiger partial charge < -0.3 is 4.40 Å². The Morgan fingerprint density at radius 3 is 3.00 bits per heavy atom. The van der Waals surface area contributed by atoms with Gasteiger partial charge in [0.1, 0.15) is 5.65 Å². The van der Waals surface area contributed by atoms with Crippen molar-refractivity contribution in [3.8, 4) is 0 Å². The van der Waals surface area contributed by atoms with Crippen LogP contribution in [0.5, 0.6) is 0 Å². The van der Waals surface area contributed by atoms with E-state index >= 15 is 0 Å². The SMILES string of the molecule is CC(C)C1=CCC2N=C(CC(C)c3ccc4nccn4c3)SC2=C1. The number of thioether (sulfide) groups is 1. The second-order valence-corrected chi connectivity index (χ2v) is 8.19. The van der Waals surface area contributed by atoms with Gasteiger partial charge in [-0.2, -0.15) is 0 Å². The molecule has 0 N–H and O–H groups in total. The van der Waals surface area contributed by atoms with E-state index in [0.29, 0.717) is 17.9 Å². The molecule has 2 unspecified atom stereocenters. The lowest BCUT2D eigenvalue weighted by atomic mass is 9.95. The lowest BCUT2D eigenvalue weighted by Crippen LogP contribution is -2.07. The van der Waals surface area contributed by atoms with Crippen molar-refractivity contribution in [2.45, 2.75) is 45.6 Å². The van der Waals surface area contributed by atoms with E-state index in [1.54, 1.807) is 0 Å². The Kier molecular flexibility index (Phi) is 4.09. The topological polar surface area (TPSA) is 29.7 Å². The number of rotatable bonds is 4. The summed E-state index contributed by atoms with van der Waals surface area (Å²) in [5.74, 6) is 1.06. The first-order valence-corrected chi connectivity index (χ1v) is 9.50. The largest absolute Gasteiger partial charge is 0.307 e. The maximum atomic E-state index is 4.97. The quantitative estimate of drug-likeness (QED) is 0.766. The van der Waals surface area contributed by atoms with E-state index in [9.17, 15) is 0 Å². The van der Waals surface area contributed by atoms with Gasteiger partial charge in [0.25, 0.3) is 0 Å². The summed E-state index contributed by atoms with van der Waals surface area (Å²) in [7, 11) is 0. The van der Waals surface area contributed by atoms with Gasteiger partial charge in [-0.15, -0.1) is 0 Å². The molecule has 0 aromatic carbocycles. The maximum absolute atomic E-state index is 4.97. The number of nitrogens with zero attached hydrogens (tertiary/aromatic N) is 3. The van der Waals surface area contributed by atoms with Gasteiger partial charge in [-0.3, -0.25) is 4.99 Å². The van der Waals surface area contributed by atoms with Crippen LogP contribution < -0.4 is 0 Å². The number of aromatic nitrogens is 2. The molecule has 0 radical (unpaired) electrons. The van der Waals surface area contributed by atoms with Gasteiger partial charge in [0, 0.05) is 29.9 Å². The predicted octanol–water partition coefficient (Wildman–Crippen LogP) is 5.21. The van der Waals surface area contributed by atoms with Crippen LogP contribution in [0, 0.1) is 5.92 Å². The van der Waals surface area contributed by atoms with Crippen LogP contribution in [0.25, 0.3) is 5.65 Å². The number of imidazole rings is 1. The lowest BCUT2D eigenvalue weighted by Gasteiger charge is -2.16. The number of fused-ring (bicyclic) bond motifs is 2. The van der Waals surface area contributed by atoms with E-state index in [-0.39, 0.29) is 0 Å². The number of allylic oxidation sites excluding steroid dienone is 2. The molecule has 2 aromatic rings. The maximum Gasteiger partial charge on any atom is 0.136 e. The Bertz CT molecular complexity index is 857. The molecular weight excluding hydrogens is 314 g/mol. The molecule has 2 aliphatic rings. The van der Waals surface area contributed by atoms with Gasteiger partial charge >= 0.3 is 0 Å². The zero-order valence-corrected chi connectivity index (χ0v) is 15.3. The molecule has 0 amide bonds. The van der Waals surface area contributed by atoms with Gasteiger partial charge in [0.2, 0.25) is 0 Å². The van der Waals surface area contributed by atoms with Crippen molar-refractivity contribution >= 4 is 22.5 Å². The van der Waals surface area contributed by atoms with Crippen molar-refractivity contribution in [3.05, 3.63) is 58.9 Å². The second-order valence-electron chi connectivity index (χ2n) is 7.04. The van der Waals surface area contributed by atoms with Crippen LogP contribution in [0.15, 0.2) is 58.3 Å². The second kappa shape index (κ2) is 6.25. The third-order valence-electron chi connectivity index (χ3n) is 4.88. The third-order valence-corrected chi connectivity index (χ3v) is 6.01. The molecule has 0 bridgehead atoms. The minimum Gasteiger partial charge on any atom is -0.307 e. The Hall–Kier alpha value is -1.81. The van der Waals surface area contributed by atoms with Crippen LogP contribution in [0.1, 0.15) is 45.1 Å². The fourth-order valence-corrected chi connectivity index (χ4v) is 4.60. The van der Waals surface area contributed by atoms with E-state index in [1.165, 1.54) is 21.1 Å². The van der Waals surface area contributed by atoms with Crippen molar-refractivity contribution in [1.29, 1.82) is 0 Å². The minimum atomic E-state index is 0.371. The summed E-state index contributed by atoms with van der Waals surface area (Å²) in [5.41, 5.74) is 3.81. The molecule has 24 heavy (non-hydrogen) atoms. The first-order valence-electron chi connectivity index (χ1n) is 8.69. The molecule has 1 aliphatic heterocycles. The molecule has 3 heterocycles. The van der Waals surface area contributed by atoms with Gasteiger partial charge in [-0.05, 0) is 41.5 Å². The lowest BCUT2D eigenvalue weighted by molar-refractivity contribution is 0.740. The molecule has 124 valence electrons. The Morgan fingerprint density at radius 1 is 1.29 bits per heavy atom. The van der Waals surface area contributed by atoms with E-state index in [1.807, 2.05) is 24.2 Å². The van der Waals surface area contributed by atoms with Gasteiger partial charge in [0.15, 0.2) is 0 Å². The zero-order chi connectivity index (χ0) is 16.7. The van der Waals surface area contributed by atoms with Crippen LogP contribution in [-0.2, 0) is 0 Å². The van der Waals surface area contributed by atoms with Crippen LogP contribution in [0.2, 0.25) is 0 Å². The van der Waals surface area contributed by atoms with E-state index in [2.05, 4.69) is 60.6 Å². The highest BCUT2D eigenvalue weighted by atomic mass is 32.2. The number of aliphatic imine (C=N–C) groups is 1. The highest BCUT2D eigenvalue weighted by Gasteiger charge is 2.27. The smallest absolute Gasteiger partial charge is 0.136 e. The zero-order valence-electron chi connectivity index (χ0n) is 14.4. The monoisotopic (exact) mass is 337 g/mol. The molecule has 0 spiro atoms. The molecule has 2 atom stereocenters. The van der Waals surface area contributed by atoms with Crippen LogP contribution in [0.3, 0.4) is 0 Å². The van der Waals surface area contributed by atoms with E-state index in [0.717, 1.165) is 18.5 Å². The highest BCUT2D eigenvalue weighted by molar-refractivity contribution is 8.17. The predicted molar refractivity (Wildman–Crippen MR) is 103 cm³/mol. The summed E-state index contributed by atoms with van der Waals surface area (Å²) in [4.78, 5) is 10.7. The summed E-state index contributed by atoms with van der Waals surface area (Å²) in [6, 6.07) is 4.66. The fraction of sp³-hybridized carbons (Fsp3) is 0.400. The Labute approximate surface area is 147 Å². The normalized spacial score (nSPS) is 21.5. The molecule has 0 fully saturated rings. The number of hydrogen-bond acceptors (Lipinski definition) is 3. The molecule has 2 aromatic heterocycles. The van der Waals surface area contributed by atoms with Crippen molar-refractivity contribution in [2.75, 3.05) is 0 Å². The Morgan fingerprint density at radius 2 is 2.17 bits per heavy atom. The average molecular weight is 337 g/mol. The molecule has 3 nitrogen and oxygen atoms in total. The summed E-state index contributed by atoms with van der Waals surface area (Å²) >= 11 is 1.90. The summed E-state index contributed by atoms with van der Waals surface area (Å²) in [5, 5.41) is 1.28. The van der Waals surface area contributed by atoms with Gasteiger partial charge in [-0.25, -0.2) is 4.98 Å². The standard InChI is InChI=1S/C20H23N3S/c1-13(2)15-4-6-17-18(11-15)24-20(22-17)10-14(3)16-5-7-19-21-8-9-23(19)12-16/h4-5,7-9,11-14,17H,6,10H2,1-3H3. The molecule has 0 saturated heterocycles. The van der Waals surface area contributed by atoms with Gasteiger partial charge in [-0.1, -0.05) is 44.7 Å². The van der Waals surface area contributed by atoms with Crippen molar-refractivity contribution in [3.63, 3.8) is 0 Å². The van der Waals surface area contributed by atoms with Crippen LogP contribution in [-0.4, -0.2) is 20.5 Å². The Balaban J connectivity index is 1.47. The van der Waals surface area contributed by atoms with Crippen LogP contribution >= 0.6 is 11.8 Å². The summed E-state index contributed by atoms with van der Waals surface area (Å²) < 4.78 is 2.09. The number of hydrogen-bond donors (Lipinski definition) is 0. The minimum absolute atomic E-state index is 0.371. The van der Waals surface area contributed by atoms with Crippen molar-refractivity contribution < 1.29 is 0 Å². The summed E-state index contributed by atoms with van der Waals surface area (Å²) in [6.45, 7) is 6.81. The average Bonchev–Trinajstić information content (AvgIpc) is 3.18. The first kappa shape index (κ1) is 15.7. The fourth-order valence-electron chi connectivity index (χ4n) is 3.34. The number of pyridine rings is 1. The molecule has 4 heteroatoms. The van der Waals surface area contributed by atoms with Crippen molar-refractivity contribution in [1.82, 2.24) is 9.38 Å². The molecular formula is C20H23N3S. The first-order chi connectivity index (χ1) is 11.6. The molecule has 0 saturated carbocycles. The van der Waals surface area contributed by atoms with Crippen LogP contribution in [0.4, 0.5) is 0 Å². The molecule has 4 rings (SSSR count). The van der Waals surface area contributed by atoms with E-state index in [4.69, 9.17) is 4.99 Å². The highest BCUT2D eigenvalue weighted by Crippen LogP contribution is 2.40. The molecule has 1 aliphatic carbocycles. The van der Waals surface area contributed by atoms with Crippen molar-refractivity contribution in [2.24, 2.45) is 10.9 Å². The van der Waals surface area contributed by atoms with Gasteiger partial charge in [0.05, 0.1) is 11.1 Å². The summed E-state index contributed by atoms with van der Waals surface area (Å²) in [6.07, 6.45) is 12.8.